The number of hydrogen-bond acceptors (Lipinski definition) is 3. The highest BCUT2D eigenvalue weighted by Gasteiger charge is 2.17. The average Bonchev–Trinajstić information content (AvgIpc) is 2.52. The number of halogens is 2. The zero-order valence-electron chi connectivity index (χ0n) is 11.3. The first kappa shape index (κ1) is 14.3. The van der Waals surface area contributed by atoms with E-state index in [0.29, 0.717) is 10.0 Å². The van der Waals surface area contributed by atoms with E-state index in [2.05, 4.69) is 15.3 Å². The molecule has 1 aromatic heterocycles. The lowest BCUT2D eigenvalue weighted by Crippen LogP contribution is -2.18. The van der Waals surface area contributed by atoms with Gasteiger partial charge in [-0.1, -0.05) is 41.4 Å². The van der Waals surface area contributed by atoms with E-state index in [0.717, 1.165) is 22.2 Å². The molecule has 0 amide bonds. The fourth-order valence-electron chi connectivity index (χ4n) is 2.41. The van der Waals surface area contributed by atoms with Gasteiger partial charge in [-0.2, -0.15) is 0 Å². The van der Waals surface area contributed by atoms with Crippen molar-refractivity contribution in [2.75, 3.05) is 7.05 Å². The van der Waals surface area contributed by atoms with Crippen molar-refractivity contribution in [2.24, 2.45) is 0 Å². The van der Waals surface area contributed by atoms with Crippen LogP contribution in [0, 0.1) is 0 Å². The van der Waals surface area contributed by atoms with Gasteiger partial charge in [-0.15, -0.1) is 0 Å². The molecule has 106 valence electrons. The van der Waals surface area contributed by atoms with Gasteiger partial charge < -0.3 is 5.32 Å². The summed E-state index contributed by atoms with van der Waals surface area (Å²) in [5, 5.41) is 4.39. The number of fused-ring (bicyclic) bond motifs is 1. The van der Waals surface area contributed by atoms with Gasteiger partial charge in [-0.05, 0) is 36.4 Å². The van der Waals surface area contributed by atoms with Crippen LogP contribution < -0.4 is 5.32 Å². The second-order valence-corrected chi connectivity index (χ2v) is 5.45. The summed E-state index contributed by atoms with van der Waals surface area (Å²) in [4.78, 5) is 8.62. The lowest BCUT2D eigenvalue weighted by Gasteiger charge is -2.19. The molecule has 5 heteroatoms. The molecule has 3 nitrogen and oxygen atoms in total. The molecular formula is C16H13Cl2N3. The number of rotatable bonds is 3. The van der Waals surface area contributed by atoms with E-state index in [1.807, 2.05) is 37.4 Å². The fourth-order valence-corrected chi connectivity index (χ4v) is 2.82. The van der Waals surface area contributed by atoms with E-state index >= 15 is 0 Å². The monoisotopic (exact) mass is 317 g/mol. The van der Waals surface area contributed by atoms with Crippen LogP contribution in [0.5, 0.6) is 0 Å². The summed E-state index contributed by atoms with van der Waals surface area (Å²) in [7, 11) is 1.89. The molecule has 1 atom stereocenters. The predicted octanol–water partition coefficient (Wildman–Crippen LogP) is 4.25. The number of hydrogen-bond donors (Lipinski definition) is 1. The lowest BCUT2D eigenvalue weighted by molar-refractivity contribution is 0.693. The zero-order chi connectivity index (χ0) is 14.8. The number of aromatic nitrogens is 2. The molecule has 0 aliphatic rings. The third-order valence-corrected chi connectivity index (χ3v) is 4.24. The minimum Gasteiger partial charge on any atom is -0.309 e. The summed E-state index contributed by atoms with van der Waals surface area (Å²) in [6.45, 7) is 0. The highest BCUT2D eigenvalue weighted by atomic mass is 35.5. The number of nitrogens with one attached hydrogen (secondary N) is 1. The molecule has 0 radical (unpaired) electrons. The Morgan fingerprint density at radius 3 is 2.52 bits per heavy atom. The van der Waals surface area contributed by atoms with Crippen LogP contribution in [-0.4, -0.2) is 17.0 Å². The Morgan fingerprint density at radius 2 is 1.76 bits per heavy atom. The van der Waals surface area contributed by atoms with E-state index in [1.165, 1.54) is 0 Å². The molecule has 3 rings (SSSR count). The van der Waals surface area contributed by atoms with Crippen molar-refractivity contribution in [3.63, 3.8) is 0 Å². The van der Waals surface area contributed by atoms with Crippen LogP contribution in [0.25, 0.3) is 11.0 Å². The van der Waals surface area contributed by atoms with Gasteiger partial charge in [0.25, 0.3) is 0 Å². The first-order valence-corrected chi connectivity index (χ1v) is 7.28. The highest BCUT2D eigenvalue weighted by molar-refractivity contribution is 6.42. The highest BCUT2D eigenvalue weighted by Crippen LogP contribution is 2.33. The lowest BCUT2D eigenvalue weighted by atomic mass is 9.98. The Kier molecular flexibility index (Phi) is 4.06. The van der Waals surface area contributed by atoms with Crippen LogP contribution in [0.2, 0.25) is 10.0 Å². The third-order valence-electron chi connectivity index (χ3n) is 3.41. The van der Waals surface area contributed by atoms with Gasteiger partial charge in [0.15, 0.2) is 0 Å². The van der Waals surface area contributed by atoms with Crippen molar-refractivity contribution in [3.8, 4) is 0 Å². The Hall–Kier alpha value is -1.68. The van der Waals surface area contributed by atoms with Crippen LogP contribution in [0.1, 0.15) is 17.2 Å². The van der Waals surface area contributed by atoms with E-state index < -0.39 is 0 Å². The topological polar surface area (TPSA) is 37.8 Å². The molecule has 0 fully saturated rings. The van der Waals surface area contributed by atoms with Gasteiger partial charge in [0.05, 0.1) is 27.1 Å². The molecule has 3 aromatic rings. The van der Waals surface area contributed by atoms with E-state index in [1.54, 1.807) is 18.5 Å². The maximum Gasteiger partial charge on any atom is 0.0890 e. The number of nitrogens with zero attached hydrogens (tertiary/aromatic N) is 2. The van der Waals surface area contributed by atoms with Crippen LogP contribution in [-0.2, 0) is 0 Å². The molecule has 0 saturated heterocycles. The van der Waals surface area contributed by atoms with Gasteiger partial charge in [-0.3, -0.25) is 9.97 Å². The normalized spacial score (nSPS) is 12.5. The minimum atomic E-state index is -0.0531. The van der Waals surface area contributed by atoms with Gasteiger partial charge in [-0.25, -0.2) is 0 Å². The van der Waals surface area contributed by atoms with Crippen LogP contribution >= 0.6 is 23.2 Å². The van der Waals surface area contributed by atoms with Gasteiger partial charge >= 0.3 is 0 Å². The van der Waals surface area contributed by atoms with Gasteiger partial charge in [0.2, 0.25) is 0 Å². The second kappa shape index (κ2) is 5.98. The summed E-state index contributed by atoms with van der Waals surface area (Å²) in [6, 6.07) is 11.6. The first-order valence-electron chi connectivity index (χ1n) is 6.52. The SMILES string of the molecule is CNC(c1ccc2nccnc2c1)c1cccc(Cl)c1Cl. The molecule has 2 aromatic carbocycles. The molecule has 1 heterocycles. The Morgan fingerprint density at radius 1 is 1.00 bits per heavy atom. The first-order chi connectivity index (χ1) is 10.2. The van der Waals surface area contributed by atoms with Crippen molar-refractivity contribution in [1.29, 1.82) is 0 Å². The van der Waals surface area contributed by atoms with Crippen molar-refractivity contribution >= 4 is 34.2 Å². The fraction of sp³-hybridized carbons (Fsp3) is 0.125. The van der Waals surface area contributed by atoms with Crippen LogP contribution in [0.3, 0.4) is 0 Å². The van der Waals surface area contributed by atoms with E-state index in [9.17, 15) is 0 Å². The predicted molar refractivity (Wildman–Crippen MR) is 86.9 cm³/mol. The number of benzene rings is 2. The van der Waals surface area contributed by atoms with Crippen LogP contribution in [0.4, 0.5) is 0 Å². The summed E-state index contributed by atoms with van der Waals surface area (Å²) in [6.07, 6.45) is 3.37. The molecule has 0 saturated carbocycles. The summed E-state index contributed by atoms with van der Waals surface area (Å²) < 4.78 is 0. The Balaban J connectivity index is 2.11. The standard InChI is InChI=1S/C16H13Cl2N3/c1-19-16(11-3-2-4-12(17)15(11)18)10-5-6-13-14(9-10)21-8-7-20-13/h2-9,16,19H,1H3. The maximum atomic E-state index is 6.33. The largest absolute Gasteiger partial charge is 0.309 e. The van der Waals surface area contributed by atoms with Crippen molar-refractivity contribution in [1.82, 2.24) is 15.3 Å². The molecule has 0 aliphatic carbocycles. The summed E-state index contributed by atoms with van der Waals surface area (Å²) >= 11 is 12.5. The Bertz CT molecular complexity index is 789. The van der Waals surface area contributed by atoms with Crippen molar-refractivity contribution < 1.29 is 0 Å². The van der Waals surface area contributed by atoms with Crippen molar-refractivity contribution in [3.05, 3.63) is 70.0 Å². The molecule has 1 unspecified atom stereocenters. The molecule has 0 bridgehead atoms. The quantitative estimate of drug-likeness (QED) is 0.785. The maximum absolute atomic E-state index is 6.33. The molecular weight excluding hydrogens is 305 g/mol. The third kappa shape index (κ3) is 2.72. The summed E-state index contributed by atoms with van der Waals surface area (Å²) in [5.74, 6) is 0. The molecule has 1 N–H and O–H groups in total. The van der Waals surface area contributed by atoms with E-state index in [-0.39, 0.29) is 6.04 Å². The van der Waals surface area contributed by atoms with Crippen LogP contribution in [0.15, 0.2) is 48.8 Å². The van der Waals surface area contributed by atoms with Crippen molar-refractivity contribution in [2.45, 2.75) is 6.04 Å². The van der Waals surface area contributed by atoms with Gasteiger partial charge in [0.1, 0.15) is 0 Å². The zero-order valence-corrected chi connectivity index (χ0v) is 12.9. The molecule has 0 spiro atoms. The molecule has 0 aliphatic heterocycles. The molecule has 21 heavy (non-hydrogen) atoms. The Labute approximate surface area is 132 Å². The van der Waals surface area contributed by atoms with Gasteiger partial charge in [0, 0.05) is 12.4 Å². The average molecular weight is 318 g/mol. The van der Waals surface area contributed by atoms with E-state index in [4.69, 9.17) is 23.2 Å². The minimum absolute atomic E-state index is 0.0531. The smallest absolute Gasteiger partial charge is 0.0890 e. The second-order valence-electron chi connectivity index (χ2n) is 4.67. The summed E-state index contributed by atoms with van der Waals surface area (Å²) in [5.41, 5.74) is 3.73.